The second kappa shape index (κ2) is 16.4. The minimum Gasteiger partial charge on any atom is -0.497 e. The molecular weight excluding hydrogens is 659 g/mol. The zero-order valence-electron chi connectivity index (χ0n) is 28.0. The van der Waals surface area contributed by atoms with E-state index in [0.29, 0.717) is 34.0 Å². The van der Waals surface area contributed by atoms with Gasteiger partial charge in [-0.15, -0.1) is 11.8 Å². The summed E-state index contributed by atoms with van der Waals surface area (Å²) in [4.78, 5) is 41.6. The fourth-order valence-corrected chi connectivity index (χ4v) is 6.48. The van der Waals surface area contributed by atoms with Crippen molar-refractivity contribution in [1.29, 1.82) is 0 Å². The predicted molar refractivity (Wildman–Crippen MR) is 204 cm³/mol. The molecule has 0 saturated heterocycles. The van der Waals surface area contributed by atoms with E-state index in [9.17, 15) is 14.4 Å². The summed E-state index contributed by atoms with van der Waals surface area (Å²) in [6, 6.07) is 44.4. The van der Waals surface area contributed by atoms with Gasteiger partial charge in [0.05, 0.1) is 14.2 Å². The lowest BCUT2D eigenvalue weighted by Crippen LogP contribution is -2.30. The van der Waals surface area contributed by atoms with Crippen molar-refractivity contribution in [2.24, 2.45) is 0 Å². The first-order valence-electron chi connectivity index (χ1n) is 16.1. The third kappa shape index (κ3) is 8.83. The lowest BCUT2D eigenvalue weighted by atomic mass is 10.1. The number of amides is 3. The highest BCUT2D eigenvalue weighted by molar-refractivity contribution is 8.00. The Bertz CT molecular complexity index is 2210. The number of fused-ring (bicyclic) bond motifs is 1. The SMILES string of the molecule is COc1ccc(/C=C(/NC(=O)c2ccccc2)C(=O)Nc2cccc(SC(C(=O)Nc3ccc4ccccc4c3)c3ccccc3)c2)c(OC)c1. The summed E-state index contributed by atoms with van der Waals surface area (Å²) in [5.74, 6) is -0.138. The third-order valence-electron chi connectivity index (χ3n) is 7.97. The van der Waals surface area contributed by atoms with Gasteiger partial charge in [-0.25, -0.2) is 0 Å². The first-order chi connectivity index (χ1) is 24.9. The molecule has 0 aromatic heterocycles. The van der Waals surface area contributed by atoms with Crippen LogP contribution in [0.15, 0.2) is 156 Å². The van der Waals surface area contributed by atoms with Crippen molar-refractivity contribution >= 4 is 57.7 Å². The van der Waals surface area contributed by atoms with Crippen LogP contribution in [0.2, 0.25) is 0 Å². The van der Waals surface area contributed by atoms with E-state index in [1.807, 2.05) is 84.9 Å². The Morgan fingerprint density at radius 2 is 1.35 bits per heavy atom. The Morgan fingerprint density at radius 3 is 2.10 bits per heavy atom. The van der Waals surface area contributed by atoms with Gasteiger partial charge in [0.1, 0.15) is 22.4 Å². The lowest BCUT2D eigenvalue weighted by Gasteiger charge is -2.18. The Morgan fingerprint density at radius 1 is 0.647 bits per heavy atom. The van der Waals surface area contributed by atoms with E-state index in [4.69, 9.17) is 9.47 Å². The molecule has 6 aromatic carbocycles. The van der Waals surface area contributed by atoms with Crippen LogP contribution in [-0.4, -0.2) is 31.9 Å². The summed E-state index contributed by atoms with van der Waals surface area (Å²) in [5.41, 5.74) is 2.97. The van der Waals surface area contributed by atoms with Gasteiger partial charge in [0, 0.05) is 33.5 Å². The topological polar surface area (TPSA) is 106 Å². The van der Waals surface area contributed by atoms with Crippen LogP contribution in [0.1, 0.15) is 26.7 Å². The van der Waals surface area contributed by atoms with Gasteiger partial charge in [-0.2, -0.15) is 0 Å². The van der Waals surface area contributed by atoms with E-state index >= 15 is 0 Å². The van der Waals surface area contributed by atoms with Crippen LogP contribution in [0.3, 0.4) is 0 Å². The van der Waals surface area contributed by atoms with Gasteiger partial charge in [-0.05, 0) is 77.0 Å². The summed E-state index contributed by atoms with van der Waals surface area (Å²) < 4.78 is 10.9. The van der Waals surface area contributed by atoms with Crippen molar-refractivity contribution in [3.63, 3.8) is 0 Å². The van der Waals surface area contributed by atoms with Crippen molar-refractivity contribution in [3.05, 3.63) is 168 Å². The lowest BCUT2D eigenvalue weighted by molar-refractivity contribution is -0.116. The molecule has 0 bridgehead atoms. The normalized spacial score (nSPS) is 11.7. The summed E-state index contributed by atoms with van der Waals surface area (Å²) in [5, 5.41) is 10.3. The van der Waals surface area contributed by atoms with E-state index in [1.165, 1.54) is 18.9 Å². The van der Waals surface area contributed by atoms with E-state index in [0.717, 1.165) is 21.2 Å². The molecule has 3 amide bonds. The van der Waals surface area contributed by atoms with Crippen LogP contribution < -0.4 is 25.4 Å². The average Bonchev–Trinajstić information content (AvgIpc) is 3.17. The maximum Gasteiger partial charge on any atom is 0.272 e. The number of nitrogens with one attached hydrogen (secondary N) is 3. The summed E-state index contributed by atoms with van der Waals surface area (Å²) in [6.45, 7) is 0. The van der Waals surface area contributed by atoms with Gasteiger partial charge in [0.2, 0.25) is 5.91 Å². The first kappa shape index (κ1) is 34.5. The van der Waals surface area contributed by atoms with Crippen LogP contribution in [0.25, 0.3) is 16.8 Å². The molecule has 1 unspecified atom stereocenters. The largest absolute Gasteiger partial charge is 0.497 e. The van der Waals surface area contributed by atoms with Crippen LogP contribution >= 0.6 is 11.8 Å². The van der Waals surface area contributed by atoms with Crippen LogP contribution in [-0.2, 0) is 9.59 Å². The molecule has 0 aliphatic heterocycles. The number of methoxy groups -OCH3 is 2. The van der Waals surface area contributed by atoms with E-state index in [-0.39, 0.29) is 11.6 Å². The maximum atomic E-state index is 13.8. The molecule has 0 aliphatic carbocycles. The number of hydrogen-bond acceptors (Lipinski definition) is 6. The highest BCUT2D eigenvalue weighted by Gasteiger charge is 2.23. The minimum absolute atomic E-state index is 0.00213. The zero-order valence-corrected chi connectivity index (χ0v) is 28.8. The van der Waals surface area contributed by atoms with E-state index in [1.54, 1.807) is 73.8 Å². The van der Waals surface area contributed by atoms with Crippen molar-refractivity contribution in [2.45, 2.75) is 10.1 Å². The van der Waals surface area contributed by atoms with Gasteiger partial charge in [-0.1, -0.05) is 84.9 Å². The number of anilines is 2. The molecular formula is C42H35N3O5S. The Kier molecular flexibility index (Phi) is 11.1. The fourth-order valence-electron chi connectivity index (χ4n) is 5.39. The van der Waals surface area contributed by atoms with Crippen molar-refractivity contribution in [2.75, 3.05) is 24.9 Å². The molecule has 0 radical (unpaired) electrons. The molecule has 254 valence electrons. The summed E-state index contributed by atoms with van der Waals surface area (Å²) in [6.07, 6.45) is 1.55. The number of ether oxygens (including phenoxy) is 2. The Hall–Kier alpha value is -6.32. The minimum atomic E-state index is -0.591. The highest BCUT2D eigenvalue weighted by Crippen LogP contribution is 2.37. The average molecular weight is 694 g/mol. The molecule has 1 atom stereocenters. The summed E-state index contributed by atoms with van der Waals surface area (Å²) >= 11 is 1.37. The number of thioether (sulfide) groups is 1. The molecule has 6 rings (SSSR count). The zero-order chi connectivity index (χ0) is 35.6. The van der Waals surface area contributed by atoms with Crippen LogP contribution in [0, 0.1) is 0 Å². The smallest absolute Gasteiger partial charge is 0.272 e. The molecule has 0 spiro atoms. The predicted octanol–water partition coefficient (Wildman–Crippen LogP) is 8.74. The molecule has 0 fully saturated rings. The standard InChI is InChI=1S/C42H35N3O5S/c1-49-35-23-21-32(38(27-35)50-2)25-37(45-40(46)30-15-7-4-8-16-30)41(47)43-33-18-11-19-36(26-33)51-39(29-13-5-3-6-14-29)42(48)44-34-22-20-28-12-9-10-17-31(28)24-34/h3-27,39H,1-2H3,(H,43,47)(H,44,48)(H,45,46)/b37-25+. The fraction of sp³-hybridized carbons (Fsp3) is 0.0714. The maximum absolute atomic E-state index is 13.8. The van der Waals surface area contributed by atoms with Gasteiger partial charge in [0.15, 0.2) is 0 Å². The van der Waals surface area contributed by atoms with Gasteiger partial charge >= 0.3 is 0 Å². The summed E-state index contributed by atoms with van der Waals surface area (Å²) in [7, 11) is 3.07. The molecule has 0 saturated carbocycles. The second-order valence-electron chi connectivity index (χ2n) is 11.4. The van der Waals surface area contributed by atoms with Gasteiger partial charge in [0.25, 0.3) is 11.8 Å². The number of carbonyl (C=O) groups excluding carboxylic acids is 3. The monoisotopic (exact) mass is 693 g/mol. The molecule has 0 heterocycles. The molecule has 51 heavy (non-hydrogen) atoms. The molecule has 6 aromatic rings. The van der Waals surface area contributed by atoms with Crippen molar-refractivity contribution < 1.29 is 23.9 Å². The Balaban J connectivity index is 1.25. The Labute approximate surface area is 300 Å². The number of carbonyl (C=O) groups is 3. The van der Waals surface area contributed by atoms with Crippen LogP contribution in [0.5, 0.6) is 11.5 Å². The molecule has 9 heteroatoms. The number of hydrogen-bond donors (Lipinski definition) is 3. The first-order valence-corrected chi connectivity index (χ1v) is 17.0. The second-order valence-corrected chi connectivity index (χ2v) is 12.6. The van der Waals surface area contributed by atoms with Crippen molar-refractivity contribution in [3.8, 4) is 11.5 Å². The third-order valence-corrected chi connectivity index (χ3v) is 9.22. The quantitative estimate of drug-likeness (QED) is 0.0875. The molecule has 8 nitrogen and oxygen atoms in total. The van der Waals surface area contributed by atoms with Gasteiger partial charge < -0.3 is 25.4 Å². The van der Waals surface area contributed by atoms with Gasteiger partial charge in [-0.3, -0.25) is 14.4 Å². The molecule has 0 aliphatic rings. The highest BCUT2D eigenvalue weighted by atomic mass is 32.2. The van der Waals surface area contributed by atoms with E-state index in [2.05, 4.69) is 16.0 Å². The number of rotatable bonds is 12. The van der Waals surface area contributed by atoms with E-state index < -0.39 is 17.1 Å². The van der Waals surface area contributed by atoms with Crippen LogP contribution in [0.4, 0.5) is 11.4 Å². The molecule has 3 N–H and O–H groups in total. The number of benzene rings is 6. The van der Waals surface area contributed by atoms with Crippen molar-refractivity contribution in [1.82, 2.24) is 5.32 Å².